The van der Waals surface area contributed by atoms with Gasteiger partial charge in [-0.3, -0.25) is 4.79 Å². The minimum absolute atomic E-state index is 0.133. The van der Waals surface area contributed by atoms with Crippen LogP contribution in [0.25, 0.3) is 0 Å². The fourth-order valence-corrected chi connectivity index (χ4v) is 1.53. The van der Waals surface area contributed by atoms with Crippen LogP contribution in [0, 0.1) is 0 Å². The van der Waals surface area contributed by atoms with Gasteiger partial charge in [-0.05, 0) is 26.2 Å². The standard InChI is InChI=1S/C10H20N2O3/c1-8(13)2-5-12-9(14)10(11)3-6-15-7-4-10/h8,13H,2-7,11H2,1H3,(H,12,14). The van der Waals surface area contributed by atoms with E-state index in [2.05, 4.69) is 5.32 Å². The molecule has 1 heterocycles. The summed E-state index contributed by atoms with van der Waals surface area (Å²) < 4.78 is 5.16. The molecule has 0 spiro atoms. The van der Waals surface area contributed by atoms with Gasteiger partial charge in [-0.1, -0.05) is 0 Å². The van der Waals surface area contributed by atoms with Crippen molar-refractivity contribution >= 4 is 5.91 Å². The molecule has 88 valence electrons. The molecule has 0 bridgehead atoms. The number of carbonyl (C=O) groups excluding carboxylic acids is 1. The van der Waals surface area contributed by atoms with Gasteiger partial charge >= 0.3 is 0 Å². The van der Waals surface area contributed by atoms with Crippen molar-refractivity contribution < 1.29 is 14.6 Å². The Kier molecular flexibility index (Phi) is 4.50. The third kappa shape index (κ3) is 3.77. The number of nitrogens with two attached hydrogens (primary N) is 1. The summed E-state index contributed by atoms with van der Waals surface area (Å²) >= 11 is 0. The lowest BCUT2D eigenvalue weighted by Gasteiger charge is -2.31. The van der Waals surface area contributed by atoms with Crippen molar-refractivity contribution in [3.63, 3.8) is 0 Å². The average molecular weight is 216 g/mol. The predicted octanol–water partition coefficient (Wildman–Crippen LogP) is -0.619. The largest absolute Gasteiger partial charge is 0.393 e. The lowest BCUT2D eigenvalue weighted by molar-refractivity contribution is -0.129. The highest BCUT2D eigenvalue weighted by atomic mass is 16.5. The zero-order chi connectivity index (χ0) is 11.3. The molecule has 1 fully saturated rings. The van der Waals surface area contributed by atoms with Crippen LogP contribution < -0.4 is 11.1 Å². The Balaban J connectivity index is 2.31. The number of rotatable bonds is 4. The van der Waals surface area contributed by atoms with Gasteiger partial charge in [0, 0.05) is 19.8 Å². The van der Waals surface area contributed by atoms with Gasteiger partial charge in [0.2, 0.25) is 5.91 Å². The van der Waals surface area contributed by atoms with Gasteiger partial charge in [0.05, 0.1) is 11.6 Å². The van der Waals surface area contributed by atoms with Crippen LogP contribution in [0.5, 0.6) is 0 Å². The SMILES string of the molecule is CC(O)CCNC(=O)C1(N)CCOCC1. The molecule has 0 aromatic carbocycles. The summed E-state index contributed by atoms with van der Waals surface area (Å²) in [6, 6.07) is 0. The maximum Gasteiger partial charge on any atom is 0.240 e. The van der Waals surface area contributed by atoms with Crippen LogP contribution in [-0.2, 0) is 9.53 Å². The lowest BCUT2D eigenvalue weighted by Crippen LogP contribution is -2.57. The molecule has 0 aliphatic carbocycles. The van der Waals surface area contributed by atoms with Crippen molar-refractivity contribution in [3.05, 3.63) is 0 Å². The van der Waals surface area contributed by atoms with Gasteiger partial charge in [0.15, 0.2) is 0 Å². The van der Waals surface area contributed by atoms with Crippen LogP contribution in [0.2, 0.25) is 0 Å². The smallest absolute Gasteiger partial charge is 0.240 e. The Hall–Kier alpha value is -0.650. The van der Waals surface area contributed by atoms with Crippen molar-refractivity contribution in [2.45, 2.75) is 37.8 Å². The van der Waals surface area contributed by atoms with Gasteiger partial charge in [-0.15, -0.1) is 0 Å². The zero-order valence-corrected chi connectivity index (χ0v) is 9.16. The number of hydrogen-bond donors (Lipinski definition) is 3. The maximum absolute atomic E-state index is 11.7. The summed E-state index contributed by atoms with van der Waals surface area (Å²) in [5, 5.41) is 11.8. The van der Waals surface area contributed by atoms with Crippen LogP contribution in [0.15, 0.2) is 0 Å². The van der Waals surface area contributed by atoms with E-state index in [-0.39, 0.29) is 5.91 Å². The number of ether oxygens (including phenoxy) is 1. The van der Waals surface area contributed by atoms with E-state index in [9.17, 15) is 4.79 Å². The minimum Gasteiger partial charge on any atom is -0.393 e. The van der Waals surface area contributed by atoms with E-state index in [0.717, 1.165) is 0 Å². The molecule has 1 amide bonds. The van der Waals surface area contributed by atoms with Gasteiger partial charge < -0.3 is 20.9 Å². The fourth-order valence-electron chi connectivity index (χ4n) is 1.53. The number of aliphatic hydroxyl groups is 1. The third-order valence-corrected chi connectivity index (χ3v) is 2.68. The monoisotopic (exact) mass is 216 g/mol. The first-order chi connectivity index (χ1) is 7.04. The van der Waals surface area contributed by atoms with E-state index in [0.29, 0.717) is 39.0 Å². The summed E-state index contributed by atoms with van der Waals surface area (Å²) in [5.74, 6) is -0.133. The molecule has 0 radical (unpaired) electrons. The quantitative estimate of drug-likeness (QED) is 0.585. The molecular weight excluding hydrogens is 196 g/mol. The van der Waals surface area contributed by atoms with Crippen LogP contribution in [0.1, 0.15) is 26.2 Å². The minimum atomic E-state index is -0.781. The van der Waals surface area contributed by atoms with Gasteiger partial charge in [0.25, 0.3) is 0 Å². The second-order valence-corrected chi connectivity index (χ2v) is 4.16. The second-order valence-electron chi connectivity index (χ2n) is 4.16. The Morgan fingerprint density at radius 3 is 2.73 bits per heavy atom. The first-order valence-corrected chi connectivity index (χ1v) is 5.37. The summed E-state index contributed by atoms with van der Waals surface area (Å²) in [7, 11) is 0. The highest BCUT2D eigenvalue weighted by Gasteiger charge is 2.35. The summed E-state index contributed by atoms with van der Waals surface area (Å²) in [6.07, 6.45) is 1.29. The Morgan fingerprint density at radius 1 is 1.60 bits per heavy atom. The molecular formula is C10H20N2O3. The predicted molar refractivity (Wildman–Crippen MR) is 56.3 cm³/mol. The number of aliphatic hydroxyl groups excluding tert-OH is 1. The molecule has 1 atom stereocenters. The van der Waals surface area contributed by atoms with Gasteiger partial charge in [-0.2, -0.15) is 0 Å². The molecule has 4 N–H and O–H groups in total. The number of nitrogens with one attached hydrogen (secondary N) is 1. The van der Waals surface area contributed by atoms with Gasteiger partial charge in [0.1, 0.15) is 0 Å². The first-order valence-electron chi connectivity index (χ1n) is 5.37. The van der Waals surface area contributed by atoms with E-state index in [1.807, 2.05) is 0 Å². The van der Waals surface area contributed by atoms with E-state index >= 15 is 0 Å². The molecule has 0 saturated carbocycles. The summed E-state index contributed by atoms with van der Waals surface area (Å²) in [6.45, 7) is 3.25. The van der Waals surface area contributed by atoms with Crippen molar-refractivity contribution in [2.24, 2.45) is 5.73 Å². The van der Waals surface area contributed by atoms with Crippen molar-refractivity contribution in [3.8, 4) is 0 Å². The summed E-state index contributed by atoms with van der Waals surface area (Å²) in [4.78, 5) is 11.7. The highest BCUT2D eigenvalue weighted by Crippen LogP contribution is 2.17. The molecule has 1 aliphatic rings. The van der Waals surface area contributed by atoms with Crippen molar-refractivity contribution in [1.82, 2.24) is 5.32 Å². The topological polar surface area (TPSA) is 84.6 Å². The van der Waals surface area contributed by atoms with Crippen LogP contribution in [0.4, 0.5) is 0 Å². The Labute approximate surface area is 90.0 Å². The maximum atomic E-state index is 11.7. The van der Waals surface area contributed by atoms with Crippen LogP contribution >= 0.6 is 0 Å². The average Bonchev–Trinajstić information content (AvgIpc) is 2.18. The summed E-state index contributed by atoms with van der Waals surface area (Å²) in [5.41, 5.74) is 5.18. The van der Waals surface area contributed by atoms with Gasteiger partial charge in [-0.25, -0.2) is 0 Å². The second kappa shape index (κ2) is 5.44. The lowest BCUT2D eigenvalue weighted by atomic mass is 9.90. The highest BCUT2D eigenvalue weighted by molar-refractivity contribution is 5.86. The molecule has 1 aliphatic heterocycles. The normalized spacial score (nSPS) is 22.1. The molecule has 1 saturated heterocycles. The van der Waals surface area contributed by atoms with E-state index < -0.39 is 11.6 Å². The zero-order valence-electron chi connectivity index (χ0n) is 9.16. The fraction of sp³-hybridized carbons (Fsp3) is 0.900. The van der Waals surface area contributed by atoms with Crippen molar-refractivity contribution in [1.29, 1.82) is 0 Å². The van der Waals surface area contributed by atoms with Crippen molar-refractivity contribution in [2.75, 3.05) is 19.8 Å². The molecule has 1 rings (SSSR count). The molecule has 15 heavy (non-hydrogen) atoms. The first kappa shape index (κ1) is 12.4. The molecule has 0 aromatic heterocycles. The molecule has 0 aromatic rings. The van der Waals surface area contributed by atoms with E-state index in [1.54, 1.807) is 6.92 Å². The third-order valence-electron chi connectivity index (χ3n) is 2.68. The Morgan fingerprint density at radius 2 is 2.20 bits per heavy atom. The van der Waals surface area contributed by atoms with Crippen LogP contribution in [0.3, 0.4) is 0 Å². The molecule has 5 nitrogen and oxygen atoms in total. The van der Waals surface area contributed by atoms with Crippen LogP contribution in [-0.4, -0.2) is 42.4 Å². The number of hydrogen-bond acceptors (Lipinski definition) is 4. The Bertz CT molecular complexity index is 213. The molecule has 1 unspecified atom stereocenters. The van der Waals surface area contributed by atoms with E-state index in [4.69, 9.17) is 15.6 Å². The number of amides is 1. The van der Waals surface area contributed by atoms with E-state index in [1.165, 1.54) is 0 Å². The molecule has 5 heteroatoms. The number of carbonyl (C=O) groups is 1.